The molecule has 13 nitrogen and oxygen atoms in total. The van der Waals surface area contributed by atoms with Crippen molar-refractivity contribution in [2.45, 2.75) is 0 Å². The summed E-state index contributed by atoms with van der Waals surface area (Å²) in [6, 6.07) is 56.8. The molecule has 0 spiro atoms. The van der Waals surface area contributed by atoms with Crippen LogP contribution in [0.1, 0.15) is 20.7 Å². The largest absolute Gasteiger partial charge is 0.508 e. The normalized spacial score (nSPS) is 11.1. The van der Waals surface area contributed by atoms with Crippen molar-refractivity contribution < 1.29 is 56.1 Å². The summed E-state index contributed by atoms with van der Waals surface area (Å²) in [7, 11) is 3.03. The molecule has 15 heteroatoms. The van der Waals surface area contributed by atoms with Crippen molar-refractivity contribution in [3.05, 3.63) is 232 Å². The number of ether oxygens (including phenoxy) is 3. The number of carbonyl (C=O) groups is 2. The van der Waals surface area contributed by atoms with E-state index in [1.807, 2.05) is 97.1 Å². The van der Waals surface area contributed by atoms with Gasteiger partial charge in [0.1, 0.15) is 62.5 Å². The van der Waals surface area contributed by atoms with E-state index in [1.165, 1.54) is 31.4 Å². The summed E-state index contributed by atoms with van der Waals surface area (Å²) in [6.45, 7) is 0. The van der Waals surface area contributed by atoms with E-state index in [0.717, 1.165) is 37.7 Å². The molecule has 0 atom stereocenters. The highest BCUT2D eigenvalue weighted by atomic mass is 79.9. The van der Waals surface area contributed by atoms with Gasteiger partial charge in [0.25, 0.3) is 0 Å². The molecule has 0 saturated carbocycles. The van der Waals surface area contributed by atoms with Crippen molar-refractivity contribution in [1.82, 2.24) is 0 Å². The SMILES string of the molecule is COc1ccc(C(=O)CBr)c(F)c1.COc1ccc2c(=O)c3oc4c5ccccc5ccc4c3oc2c1.O=C(Oc1ccccc1)c1ccc2ccccc2c1O.O=c1c2ccc(O)cc2oc2c1oc1c3ccccc3ccc21. The van der Waals surface area contributed by atoms with Crippen LogP contribution in [0, 0.1) is 5.82 Å². The van der Waals surface area contributed by atoms with Crippen molar-refractivity contribution in [2.24, 2.45) is 0 Å². The summed E-state index contributed by atoms with van der Waals surface area (Å²) in [6.07, 6.45) is 0. The van der Waals surface area contributed by atoms with Crippen molar-refractivity contribution in [2.75, 3.05) is 19.5 Å². The van der Waals surface area contributed by atoms with E-state index < -0.39 is 11.8 Å². The van der Waals surface area contributed by atoms with E-state index in [4.69, 9.17) is 31.9 Å². The maximum Gasteiger partial charge on any atom is 0.347 e. The number of hydrogen-bond acceptors (Lipinski definition) is 13. The van der Waals surface area contributed by atoms with Gasteiger partial charge < -0.3 is 42.1 Å². The summed E-state index contributed by atoms with van der Waals surface area (Å²) < 4.78 is 52.0. The highest BCUT2D eigenvalue weighted by molar-refractivity contribution is 9.09. The Morgan fingerprint density at radius 2 is 0.912 bits per heavy atom. The second kappa shape index (κ2) is 22.0. The first-order chi connectivity index (χ1) is 38.9. The molecule has 0 amide bonds. The summed E-state index contributed by atoms with van der Waals surface area (Å²) in [4.78, 5) is 48.7. The van der Waals surface area contributed by atoms with Gasteiger partial charge in [-0.25, -0.2) is 9.18 Å². The van der Waals surface area contributed by atoms with Gasteiger partial charge in [0, 0.05) is 34.4 Å². The van der Waals surface area contributed by atoms with Gasteiger partial charge in [-0.15, -0.1) is 0 Å². The monoisotopic (exact) mass is 1130 g/mol. The molecule has 4 heterocycles. The van der Waals surface area contributed by atoms with Crippen molar-refractivity contribution in [1.29, 1.82) is 0 Å². The molecule has 0 aliphatic rings. The number of rotatable bonds is 6. The minimum absolute atomic E-state index is 0.0518. The van der Waals surface area contributed by atoms with Gasteiger partial charge in [-0.3, -0.25) is 14.4 Å². The molecule has 0 aliphatic carbocycles. The lowest BCUT2D eigenvalue weighted by Gasteiger charge is -2.08. The first-order valence-electron chi connectivity index (χ1n) is 24.7. The van der Waals surface area contributed by atoms with Gasteiger partial charge in [-0.2, -0.15) is 0 Å². The van der Waals surface area contributed by atoms with Crippen LogP contribution in [0.3, 0.4) is 0 Å². The van der Waals surface area contributed by atoms with Crippen LogP contribution in [-0.2, 0) is 0 Å². The Morgan fingerprint density at radius 1 is 0.450 bits per heavy atom. The minimum Gasteiger partial charge on any atom is -0.508 e. The maximum atomic E-state index is 13.2. The van der Waals surface area contributed by atoms with Gasteiger partial charge in [-0.05, 0) is 82.9 Å². The first kappa shape index (κ1) is 51.8. The number of hydrogen-bond donors (Lipinski definition) is 2. The number of Topliss-reactive ketones (excluding diaryl/α,β-unsaturated/α-hetero) is 1. The number of phenols is 2. The van der Waals surface area contributed by atoms with E-state index in [1.54, 1.807) is 79.9 Å². The maximum absolute atomic E-state index is 13.2. The van der Waals surface area contributed by atoms with Crippen molar-refractivity contribution in [3.8, 4) is 28.7 Å². The molecule has 0 radical (unpaired) electrons. The predicted molar refractivity (Wildman–Crippen MR) is 311 cm³/mol. The van der Waals surface area contributed by atoms with Gasteiger partial charge in [0.15, 0.2) is 16.9 Å². The molecule has 80 heavy (non-hydrogen) atoms. The summed E-state index contributed by atoms with van der Waals surface area (Å²) in [5.74, 6) is 0.0996. The molecule has 0 fully saturated rings. The second-order valence-corrected chi connectivity index (χ2v) is 18.6. The summed E-state index contributed by atoms with van der Waals surface area (Å²) in [5.41, 5.74) is 3.32. The predicted octanol–water partition coefficient (Wildman–Crippen LogP) is 15.6. The van der Waals surface area contributed by atoms with Gasteiger partial charge >= 0.3 is 5.97 Å². The van der Waals surface area contributed by atoms with E-state index in [0.29, 0.717) is 66.9 Å². The van der Waals surface area contributed by atoms with Crippen LogP contribution in [0.25, 0.3) is 98.5 Å². The Bertz CT molecular complexity index is 4850. The first-order valence-corrected chi connectivity index (χ1v) is 25.8. The van der Waals surface area contributed by atoms with E-state index in [9.17, 15) is 33.8 Å². The molecule has 10 aromatic carbocycles. The zero-order valence-corrected chi connectivity index (χ0v) is 43.9. The molecule has 0 unspecified atom stereocenters. The van der Waals surface area contributed by atoms with E-state index in [-0.39, 0.29) is 55.8 Å². The number of fused-ring (bicyclic) bond motifs is 13. The lowest BCUT2D eigenvalue weighted by Crippen LogP contribution is -2.08. The number of alkyl halides is 1. The Labute approximate surface area is 459 Å². The number of aromatic hydroxyl groups is 2. The lowest BCUT2D eigenvalue weighted by molar-refractivity contribution is 0.0731. The number of ketones is 1. The Hall–Kier alpha value is -10.3. The molecule has 0 aliphatic heterocycles. The van der Waals surface area contributed by atoms with Gasteiger partial charge in [0.05, 0.1) is 46.7 Å². The Kier molecular flexibility index (Phi) is 14.3. The zero-order valence-electron chi connectivity index (χ0n) is 42.3. The van der Waals surface area contributed by atoms with Crippen molar-refractivity contribution in [3.63, 3.8) is 0 Å². The molecule has 394 valence electrons. The summed E-state index contributed by atoms with van der Waals surface area (Å²) >= 11 is 2.97. The van der Waals surface area contributed by atoms with Crippen molar-refractivity contribution >= 4 is 126 Å². The third kappa shape index (κ3) is 9.89. The van der Waals surface area contributed by atoms with E-state index in [2.05, 4.69) is 15.9 Å². The average molecular weight is 1130 g/mol. The smallest absolute Gasteiger partial charge is 0.347 e. The number of esters is 1. The molecule has 2 N–H and O–H groups in total. The van der Waals surface area contributed by atoms with Crippen LogP contribution in [0.4, 0.5) is 4.39 Å². The number of methoxy groups -OCH3 is 2. The van der Waals surface area contributed by atoms with Crippen LogP contribution in [0.2, 0.25) is 0 Å². The third-order valence-electron chi connectivity index (χ3n) is 13.2. The number of furan rings is 2. The fraction of sp³-hybridized carbons (Fsp3) is 0.0462. The van der Waals surface area contributed by atoms with Gasteiger partial charge in [-0.1, -0.05) is 125 Å². The molecule has 14 rings (SSSR count). The average Bonchev–Trinajstić information content (AvgIpc) is 4.15. The Balaban J connectivity index is 0.000000115. The number of phenolic OH excluding ortho intramolecular Hbond substituents is 2. The fourth-order valence-electron chi connectivity index (χ4n) is 9.25. The highest BCUT2D eigenvalue weighted by Gasteiger charge is 2.20. The molecule has 0 bridgehead atoms. The van der Waals surface area contributed by atoms with Crippen LogP contribution >= 0.6 is 15.9 Å². The Morgan fingerprint density at radius 3 is 1.48 bits per heavy atom. The molecule has 14 aromatic rings. The molecule has 4 aromatic heterocycles. The number of para-hydroxylation sites is 1. The summed E-state index contributed by atoms with van der Waals surface area (Å²) in [5, 5.41) is 27.8. The third-order valence-corrected chi connectivity index (χ3v) is 13.7. The van der Waals surface area contributed by atoms with Crippen LogP contribution in [0.5, 0.6) is 28.7 Å². The molecular weight excluding hydrogens is 1090 g/mol. The number of halogens is 2. The molecular formula is C65H42BrFO13. The fourth-order valence-corrected chi connectivity index (χ4v) is 9.55. The lowest BCUT2D eigenvalue weighted by atomic mass is 10.1. The zero-order chi connectivity index (χ0) is 55.6. The standard InChI is InChI=1S/C20H12O4.C19H10O4.C17H12O3.C9H8BrFO2/c1-22-12-7-9-14-16(10-12)23-19-15-8-6-11-4-2-3-5-13(11)18(15)24-20(19)17(14)21;20-11-6-8-13-15(9-11)22-18-14-7-5-10-3-1-2-4-12(10)17(14)23-19(18)16(13)21;18-16-14-9-5-4-6-12(14)10-11-15(16)17(19)20-13-7-2-1-3-8-13;1-13-6-2-3-7(8(11)4-6)9(12)5-10/h2-10H,1H3;1-9,20H;1-11,18H;2-4H,5H2,1H3. The minimum atomic E-state index is -0.570. The quantitative estimate of drug-likeness (QED) is 0.0693. The number of carbonyl (C=O) groups excluding carboxylic acids is 2. The molecule has 0 saturated heterocycles. The highest BCUT2D eigenvalue weighted by Crippen LogP contribution is 2.37. The second-order valence-electron chi connectivity index (χ2n) is 18.0. The van der Waals surface area contributed by atoms with Gasteiger partial charge in [0.2, 0.25) is 22.0 Å². The topological polar surface area (TPSA) is 189 Å². The van der Waals surface area contributed by atoms with E-state index >= 15 is 0 Å². The number of benzene rings is 10. The van der Waals surface area contributed by atoms with Crippen LogP contribution in [0.15, 0.2) is 221 Å². The van der Waals surface area contributed by atoms with Crippen LogP contribution in [-0.4, -0.2) is 41.5 Å². The van der Waals surface area contributed by atoms with Crippen LogP contribution < -0.4 is 25.1 Å².